The highest BCUT2D eigenvalue weighted by atomic mass is 32.1. The molecule has 1 heterocycles. The van der Waals surface area contributed by atoms with Crippen LogP contribution >= 0.6 is 11.3 Å². The Kier molecular flexibility index (Phi) is 6.43. The van der Waals surface area contributed by atoms with Gasteiger partial charge in [0, 0.05) is 23.4 Å². The van der Waals surface area contributed by atoms with Gasteiger partial charge in [-0.05, 0) is 40.4 Å². The van der Waals surface area contributed by atoms with E-state index in [0.29, 0.717) is 6.04 Å². The molecule has 1 unspecified atom stereocenters. The molecule has 1 N–H and O–H groups in total. The summed E-state index contributed by atoms with van der Waals surface area (Å²) in [6, 6.07) is 0.430. The maximum Gasteiger partial charge on any atom is 0.0897 e. The predicted molar refractivity (Wildman–Crippen MR) is 85.0 cm³/mol. The molecule has 0 aliphatic heterocycles. The lowest BCUT2D eigenvalue weighted by atomic mass is 9.88. The second-order valence-corrected chi connectivity index (χ2v) is 6.56. The van der Waals surface area contributed by atoms with Gasteiger partial charge in [-0.2, -0.15) is 0 Å². The van der Waals surface area contributed by atoms with Crippen molar-refractivity contribution in [3.8, 4) is 0 Å². The summed E-state index contributed by atoms with van der Waals surface area (Å²) in [5.74, 6) is 0. The van der Waals surface area contributed by atoms with E-state index in [9.17, 15) is 0 Å². The molecular weight excluding hydrogens is 254 g/mol. The third-order valence-corrected chi connectivity index (χ3v) is 4.78. The van der Waals surface area contributed by atoms with Gasteiger partial charge in [-0.15, -0.1) is 11.3 Å². The van der Waals surface area contributed by atoms with Crippen LogP contribution in [0.2, 0.25) is 0 Å². The fourth-order valence-electron chi connectivity index (χ4n) is 2.79. The summed E-state index contributed by atoms with van der Waals surface area (Å²) in [6.45, 7) is 16.6. The molecule has 0 bridgehead atoms. The lowest BCUT2D eigenvalue weighted by Crippen LogP contribution is -2.58. The molecule has 0 saturated carbocycles. The average Bonchev–Trinajstić information content (AvgIpc) is 2.75. The molecule has 19 heavy (non-hydrogen) atoms. The Morgan fingerprint density at radius 3 is 2.37 bits per heavy atom. The smallest absolute Gasteiger partial charge is 0.0897 e. The molecule has 0 amide bonds. The minimum Gasteiger partial charge on any atom is -0.312 e. The van der Waals surface area contributed by atoms with Crippen LogP contribution in [0.4, 0.5) is 0 Å². The van der Waals surface area contributed by atoms with Crippen molar-refractivity contribution in [2.24, 2.45) is 0 Å². The molecule has 0 saturated heterocycles. The highest BCUT2D eigenvalue weighted by Gasteiger charge is 2.33. The van der Waals surface area contributed by atoms with E-state index in [1.54, 1.807) is 11.3 Å². The van der Waals surface area contributed by atoms with Crippen molar-refractivity contribution in [2.45, 2.75) is 59.5 Å². The SMILES string of the molecule is CCNC(Cc1csc(C)n1)C(C)(C)N(CC)CC. The van der Waals surface area contributed by atoms with Crippen LogP contribution < -0.4 is 5.32 Å². The van der Waals surface area contributed by atoms with E-state index in [4.69, 9.17) is 0 Å². The number of thiazole rings is 1. The van der Waals surface area contributed by atoms with Crippen LogP contribution in [0.1, 0.15) is 45.3 Å². The van der Waals surface area contributed by atoms with E-state index in [2.05, 4.69) is 62.1 Å². The third-order valence-electron chi connectivity index (χ3n) is 3.96. The molecular formula is C15H29N3S. The summed E-state index contributed by atoms with van der Waals surface area (Å²) < 4.78 is 0. The Bertz CT molecular complexity index is 369. The van der Waals surface area contributed by atoms with E-state index in [1.807, 2.05) is 0 Å². The number of hydrogen-bond acceptors (Lipinski definition) is 4. The summed E-state index contributed by atoms with van der Waals surface area (Å²) in [5.41, 5.74) is 1.35. The first-order chi connectivity index (χ1) is 8.95. The molecule has 3 nitrogen and oxygen atoms in total. The van der Waals surface area contributed by atoms with Gasteiger partial charge in [-0.25, -0.2) is 4.98 Å². The lowest BCUT2D eigenvalue weighted by Gasteiger charge is -2.43. The van der Waals surface area contributed by atoms with Crippen molar-refractivity contribution >= 4 is 11.3 Å². The molecule has 0 radical (unpaired) electrons. The molecule has 4 heteroatoms. The largest absolute Gasteiger partial charge is 0.312 e. The standard InChI is InChI=1S/C15H29N3S/c1-7-16-14(10-13-11-19-12(4)17-13)15(5,6)18(8-2)9-3/h11,14,16H,7-10H2,1-6H3. The van der Waals surface area contributed by atoms with Gasteiger partial charge < -0.3 is 5.32 Å². The number of likely N-dealkylation sites (N-methyl/N-ethyl adjacent to an activating group) is 2. The van der Waals surface area contributed by atoms with Gasteiger partial charge in [0.25, 0.3) is 0 Å². The molecule has 0 fully saturated rings. The number of nitrogens with one attached hydrogen (secondary N) is 1. The van der Waals surface area contributed by atoms with Crippen LogP contribution in [0.25, 0.3) is 0 Å². The topological polar surface area (TPSA) is 28.2 Å². The molecule has 1 aromatic rings. The van der Waals surface area contributed by atoms with Crippen molar-refractivity contribution in [3.63, 3.8) is 0 Å². The van der Waals surface area contributed by atoms with E-state index in [0.717, 1.165) is 31.1 Å². The first-order valence-electron chi connectivity index (χ1n) is 7.35. The Balaban J connectivity index is 2.86. The van der Waals surface area contributed by atoms with Crippen LogP contribution in [0.15, 0.2) is 5.38 Å². The molecule has 1 atom stereocenters. The minimum atomic E-state index is 0.136. The molecule has 110 valence electrons. The van der Waals surface area contributed by atoms with Crippen LogP contribution in [0.5, 0.6) is 0 Å². The normalized spacial score (nSPS) is 14.1. The van der Waals surface area contributed by atoms with Crippen molar-refractivity contribution in [1.29, 1.82) is 0 Å². The van der Waals surface area contributed by atoms with Crippen molar-refractivity contribution in [1.82, 2.24) is 15.2 Å². The predicted octanol–water partition coefficient (Wildman–Crippen LogP) is 3.09. The summed E-state index contributed by atoms with van der Waals surface area (Å²) in [6.07, 6.45) is 1.00. The highest BCUT2D eigenvalue weighted by Crippen LogP contribution is 2.22. The second kappa shape index (κ2) is 7.36. The number of rotatable bonds is 8. The maximum absolute atomic E-state index is 4.62. The van der Waals surface area contributed by atoms with E-state index in [-0.39, 0.29) is 5.54 Å². The fourth-order valence-corrected chi connectivity index (χ4v) is 3.41. The van der Waals surface area contributed by atoms with Gasteiger partial charge in [0.2, 0.25) is 0 Å². The fraction of sp³-hybridized carbons (Fsp3) is 0.800. The number of nitrogens with zero attached hydrogens (tertiary/aromatic N) is 2. The molecule has 0 aliphatic carbocycles. The number of hydrogen-bond donors (Lipinski definition) is 1. The quantitative estimate of drug-likeness (QED) is 0.794. The van der Waals surface area contributed by atoms with Crippen molar-refractivity contribution in [3.05, 3.63) is 16.1 Å². The van der Waals surface area contributed by atoms with E-state index in [1.165, 1.54) is 5.69 Å². The summed E-state index contributed by atoms with van der Waals surface area (Å²) in [5, 5.41) is 7.00. The monoisotopic (exact) mass is 283 g/mol. The van der Waals surface area contributed by atoms with Crippen molar-refractivity contribution in [2.75, 3.05) is 19.6 Å². The zero-order chi connectivity index (χ0) is 14.5. The Labute approximate surface area is 122 Å². The Morgan fingerprint density at radius 1 is 1.32 bits per heavy atom. The average molecular weight is 283 g/mol. The minimum absolute atomic E-state index is 0.136. The van der Waals surface area contributed by atoms with Crippen molar-refractivity contribution < 1.29 is 0 Å². The highest BCUT2D eigenvalue weighted by molar-refractivity contribution is 7.09. The van der Waals surface area contributed by atoms with Crippen LogP contribution in [0, 0.1) is 6.92 Å². The van der Waals surface area contributed by atoms with Gasteiger partial charge in [0.15, 0.2) is 0 Å². The first kappa shape index (κ1) is 16.6. The Morgan fingerprint density at radius 2 is 1.95 bits per heavy atom. The lowest BCUT2D eigenvalue weighted by molar-refractivity contribution is 0.0915. The molecule has 0 aliphatic rings. The van der Waals surface area contributed by atoms with Crippen LogP contribution in [-0.2, 0) is 6.42 Å². The summed E-state index contributed by atoms with van der Waals surface area (Å²) in [4.78, 5) is 7.14. The molecule has 1 aromatic heterocycles. The first-order valence-corrected chi connectivity index (χ1v) is 8.23. The van der Waals surface area contributed by atoms with E-state index >= 15 is 0 Å². The number of aromatic nitrogens is 1. The van der Waals surface area contributed by atoms with Gasteiger partial charge in [0.05, 0.1) is 10.7 Å². The second-order valence-electron chi connectivity index (χ2n) is 5.50. The maximum atomic E-state index is 4.62. The van der Waals surface area contributed by atoms with Crippen LogP contribution in [-0.4, -0.2) is 41.1 Å². The Hall–Kier alpha value is -0.450. The van der Waals surface area contributed by atoms with Gasteiger partial charge >= 0.3 is 0 Å². The van der Waals surface area contributed by atoms with Gasteiger partial charge in [0.1, 0.15) is 0 Å². The molecule has 0 spiro atoms. The van der Waals surface area contributed by atoms with Crippen LogP contribution in [0.3, 0.4) is 0 Å². The van der Waals surface area contributed by atoms with E-state index < -0.39 is 0 Å². The van der Waals surface area contributed by atoms with Gasteiger partial charge in [-0.1, -0.05) is 20.8 Å². The number of aryl methyl sites for hydroxylation is 1. The summed E-state index contributed by atoms with van der Waals surface area (Å²) >= 11 is 1.74. The summed E-state index contributed by atoms with van der Waals surface area (Å²) in [7, 11) is 0. The van der Waals surface area contributed by atoms with Gasteiger partial charge in [-0.3, -0.25) is 4.90 Å². The zero-order valence-electron chi connectivity index (χ0n) is 13.3. The molecule has 1 rings (SSSR count). The third kappa shape index (κ3) is 4.26. The molecule has 0 aromatic carbocycles. The zero-order valence-corrected chi connectivity index (χ0v) is 14.1.